The maximum Gasteiger partial charge on any atom is 0.338 e. The molecule has 26 heavy (non-hydrogen) atoms. The molecule has 0 bridgehead atoms. The van der Waals surface area contributed by atoms with Crippen molar-refractivity contribution in [1.29, 1.82) is 5.26 Å². The first-order valence-electron chi connectivity index (χ1n) is 7.79. The van der Waals surface area contributed by atoms with Crippen LogP contribution in [0.1, 0.15) is 44.7 Å². The van der Waals surface area contributed by atoms with Crippen molar-refractivity contribution in [2.75, 3.05) is 12.4 Å². The molecule has 2 aromatic carbocycles. The van der Waals surface area contributed by atoms with Crippen LogP contribution < -0.4 is 5.32 Å². The largest absolute Gasteiger partial charge is 0.465 e. The zero-order chi connectivity index (χ0) is 19.0. The standard InChI is InChI=1S/C19H14F2N2O3/c1-9-16(12-4-3-10(8-22)5-14(12)21)18(24)17-13(19(25)26-2)6-11(20)7-15(17)23-9/h3-7,9,16,23H,1-2H3. The number of ether oxygens (including phenoxy) is 1. The van der Waals surface area contributed by atoms with Crippen molar-refractivity contribution in [3.05, 3.63) is 64.2 Å². The first-order chi connectivity index (χ1) is 12.4. The number of Topliss-reactive ketones (excluding diaryl/α,β-unsaturated/α-hetero) is 1. The minimum absolute atomic E-state index is 0.0369. The smallest absolute Gasteiger partial charge is 0.338 e. The van der Waals surface area contributed by atoms with Crippen molar-refractivity contribution >= 4 is 17.4 Å². The quantitative estimate of drug-likeness (QED) is 0.835. The fourth-order valence-corrected chi connectivity index (χ4v) is 3.23. The summed E-state index contributed by atoms with van der Waals surface area (Å²) in [5.74, 6) is -3.70. The fourth-order valence-electron chi connectivity index (χ4n) is 3.23. The van der Waals surface area contributed by atoms with E-state index in [1.807, 2.05) is 6.07 Å². The Bertz CT molecular complexity index is 966. The number of hydrogen-bond donors (Lipinski definition) is 1. The maximum atomic E-state index is 14.5. The number of rotatable bonds is 2. The fraction of sp³-hybridized carbons (Fsp3) is 0.211. The Hall–Kier alpha value is -3.27. The van der Waals surface area contributed by atoms with Gasteiger partial charge in [-0.1, -0.05) is 6.07 Å². The Morgan fingerprint density at radius 1 is 1.27 bits per heavy atom. The SMILES string of the molecule is COC(=O)c1cc(F)cc2c1C(=O)C(c1ccc(C#N)cc1F)C(C)N2. The van der Waals surface area contributed by atoms with E-state index < -0.39 is 35.3 Å². The predicted octanol–water partition coefficient (Wildman–Crippen LogP) is 3.40. The van der Waals surface area contributed by atoms with E-state index in [9.17, 15) is 18.4 Å². The van der Waals surface area contributed by atoms with Gasteiger partial charge in [0, 0.05) is 17.3 Å². The monoisotopic (exact) mass is 356 g/mol. The summed E-state index contributed by atoms with van der Waals surface area (Å²) in [5.41, 5.74) is 0.136. The molecule has 2 atom stereocenters. The van der Waals surface area contributed by atoms with Gasteiger partial charge in [0.2, 0.25) is 0 Å². The molecule has 132 valence electrons. The number of methoxy groups -OCH3 is 1. The Kier molecular flexibility index (Phi) is 4.43. The maximum absolute atomic E-state index is 14.5. The van der Waals surface area contributed by atoms with E-state index >= 15 is 0 Å². The van der Waals surface area contributed by atoms with Crippen LogP contribution in [0.2, 0.25) is 0 Å². The van der Waals surface area contributed by atoms with Gasteiger partial charge in [0.05, 0.1) is 35.8 Å². The van der Waals surface area contributed by atoms with E-state index in [4.69, 9.17) is 5.26 Å². The summed E-state index contributed by atoms with van der Waals surface area (Å²) in [7, 11) is 1.13. The van der Waals surface area contributed by atoms with Crippen molar-refractivity contribution in [3.63, 3.8) is 0 Å². The van der Waals surface area contributed by atoms with E-state index in [0.29, 0.717) is 0 Å². The van der Waals surface area contributed by atoms with Crippen LogP contribution in [-0.4, -0.2) is 24.9 Å². The van der Waals surface area contributed by atoms with Gasteiger partial charge >= 0.3 is 5.97 Å². The average molecular weight is 356 g/mol. The average Bonchev–Trinajstić information content (AvgIpc) is 2.61. The molecule has 1 heterocycles. The van der Waals surface area contributed by atoms with Crippen LogP contribution in [0.3, 0.4) is 0 Å². The number of carbonyl (C=O) groups excluding carboxylic acids is 2. The number of anilines is 1. The van der Waals surface area contributed by atoms with Gasteiger partial charge in [0.15, 0.2) is 5.78 Å². The summed E-state index contributed by atoms with van der Waals surface area (Å²) >= 11 is 0. The zero-order valence-electron chi connectivity index (χ0n) is 14.0. The van der Waals surface area contributed by atoms with Gasteiger partial charge < -0.3 is 10.1 Å². The molecular weight excluding hydrogens is 342 g/mol. The molecular formula is C19H14F2N2O3. The summed E-state index contributed by atoms with van der Waals surface area (Å²) in [6.07, 6.45) is 0. The van der Waals surface area contributed by atoms with Gasteiger partial charge in [-0.3, -0.25) is 4.79 Å². The molecule has 0 aliphatic carbocycles. The van der Waals surface area contributed by atoms with Crippen LogP contribution in [0.25, 0.3) is 0 Å². The Morgan fingerprint density at radius 2 is 2.00 bits per heavy atom. The summed E-state index contributed by atoms with van der Waals surface area (Å²) < 4.78 is 32.9. The first kappa shape index (κ1) is 17.5. The molecule has 1 aliphatic rings. The van der Waals surface area contributed by atoms with Gasteiger partial charge in [-0.2, -0.15) is 5.26 Å². The lowest BCUT2D eigenvalue weighted by atomic mass is 9.79. The number of nitrogens with zero attached hydrogens (tertiary/aromatic N) is 1. The molecule has 3 rings (SSSR count). The number of carbonyl (C=O) groups is 2. The number of hydrogen-bond acceptors (Lipinski definition) is 5. The Morgan fingerprint density at radius 3 is 2.62 bits per heavy atom. The molecule has 1 aliphatic heterocycles. The summed E-state index contributed by atoms with van der Waals surface area (Å²) in [4.78, 5) is 25.1. The third-order valence-electron chi connectivity index (χ3n) is 4.39. The minimum Gasteiger partial charge on any atom is -0.465 e. The normalized spacial score (nSPS) is 18.5. The molecule has 0 fully saturated rings. The summed E-state index contributed by atoms with van der Waals surface area (Å²) in [6.45, 7) is 1.66. The highest BCUT2D eigenvalue weighted by Crippen LogP contribution is 2.38. The molecule has 0 aromatic heterocycles. The van der Waals surface area contributed by atoms with Gasteiger partial charge in [-0.25, -0.2) is 13.6 Å². The second-order valence-corrected chi connectivity index (χ2v) is 5.99. The van der Waals surface area contributed by atoms with Crippen molar-refractivity contribution < 1.29 is 23.1 Å². The molecule has 2 aromatic rings. The minimum atomic E-state index is -0.941. The number of ketones is 1. The second kappa shape index (κ2) is 6.56. The zero-order valence-corrected chi connectivity index (χ0v) is 14.0. The Labute approximate surface area is 148 Å². The highest BCUT2D eigenvalue weighted by Gasteiger charge is 2.38. The molecule has 0 spiro atoms. The number of fused-ring (bicyclic) bond motifs is 1. The van der Waals surface area contributed by atoms with E-state index in [-0.39, 0.29) is 27.9 Å². The van der Waals surface area contributed by atoms with Crippen LogP contribution in [0.15, 0.2) is 30.3 Å². The topological polar surface area (TPSA) is 79.2 Å². The molecule has 0 saturated carbocycles. The third-order valence-corrected chi connectivity index (χ3v) is 4.39. The van der Waals surface area contributed by atoms with E-state index in [0.717, 1.165) is 25.3 Å². The lowest BCUT2D eigenvalue weighted by Gasteiger charge is -2.32. The molecule has 0 amide bonds. The number of benzene rings is 2. The summed E-state index contributed by atoms with van der Waals surface area (Å²) in [5, 5.41) is 11.8. The molecule has 1 N–H and O–H groups in total. The highest BCUT2D eigenvalue weighted by atomic mass is 19.1. The van der Waals surface area contributed by atoms with Gasteiger partial charge in [-0.05, 0) is 31.2 Å². The second-order valence-electron chi connectivity index (χ2n) is 5.99. The lowest BCUT2D eigenvalue weighted by Crippen LogP contribution is -2.37. The van der Waals surface area contributed by atoms with E-state index in [1.165, 1.54) is 12.1 Å². The van der Waals surface area contributed by atoms with Crippen LogP contribution >= 0.6 is 0 Å². The van der Waals surface area contributed by atoms with Crippen LogP contribution in [0.5, 0.6) is 0 Å². The van der Waals surface area contributed by atoms with Crippen LogP contribution in [0.4, 0.5) is 14.5 Å². The molecule has 7 heteroatoms. The molecule has 0 saturated heterocycles. The molecule has 2 unspecified atom stereocenters. The highest BCUT2D eigenvalue weighted by molar-refractivity contribution is 6.14. The summed E-state index contributed by atoms with van der Waals surface area (Å²) in [6, 6.07) is 7.16. The van der Waals surface area contributed by atoms with E-state index in [1.54, 1.807) is 6.92 Å². The van der Waals surface area contributed by atoms with Gasteiger partial charge in [0.25, 0.3) is 0 Å². The molecule has 5 nitrogen and oxygen atoms in total. The van der Waals surface area contributed by atoms with Crippen molar-refractivity contribution in [1.82, 2.24) is 0 Å². The van der Waals surface area contributed by atoms with Crippen molar-refractivity contribution in [3.8, 4) is 6.07 Å². The Balaban J connectivity index is 2.16. The first-order valence-corrected chi connectivity index (χ1v) is 7.79. The van der Waals surface area contributed by atoms with Crippen LogP contribution in [0, 0.1) is 23.0 Å². The number of nitrogens with one attached hydrogen (secondary N) is 1. The van der Waals surface area contributed by atoms with Crippen molar-refractivity contribution in [2.24, 2.45) is 0 Å². The van der Waals surface area contributed by atoms with Gasteiger partial charge in [-0.15, -0.1) is 0 Å². The van der Waals surface area contributed by atoms with Crippen LogP contribution in [-0.2, 0) is 4.74 Å². The third kappa shape index (κ3) is 2.80. The van der Waals surface area contributed by atoms with Crippen molar-refractivity contribution in [2.45, 2.75) is 18.9 Å². The predicted molar refractivity (Wildman–Crippen MR) is 89.0 cm³/mol. The van der Waals surface area contributed by atoms with Gasteiger partial charge in [0.1, 0.15) is 11.6 Å². The number of halogens is 2. The lowest BCUT2D eigenvalue weighted by molar-refractivity contribution is 0.0595. The van der Waals surface area contributed by atoms with E-state index in [2.05, 4.69) is 10.1 Å². The molecule has 0 radical (unpaired) electrons. The number of nitriles is 1. The number of esters is 1.